The number of ether oxygens (including phenoxy) is 1. The second-order valence-corrected chi connectivity index (χ2v) is 5.28. The third kappa shape index (κ3) is 2.02. The minimum absolute atomic E-state index is 0.754. The molecule has 0 aliphatic heterocycles. The fourth-order valence-corrected chi connectivity index (χ4v) is 3.13. The zero-order chi connectivity index (χ0) is 15.1. The lowest BCUT2D eigenvalue weighted by atomic mass is 9.97. The zero-order valence-electron chi connectivity index (χ0n) is 12.2. The minimum Gasteiger partial charge on any atom is -0.496 e. The molecule has 21 heavy (non-hydrogen) atoms. The lowest BCUT2D eigenvalue weighted by Gasteiger charge is -2.09. The van der Waals surface area contributed by atoms with E-state index < -0.39 is 5.97 Å². The van der Waals surface area contributed by atoms with Gasteiger partial charge in [-0.05, 0) is 47.7 Å². The Morgan fingerprint density at radius 2 is 1.90 bits per heavy atom. The smallest absolute Gasteiger partial charge is 0.328 e. The summed E-state index contributed by atoms with van der Waals surface area (Å²) in [5.74, 6) is -0.167. The van der Waals surface area contributed by atoms with Crippen molar-refractivity contribution in [3.8, 4) is 16.9 Å². The van der Waals surface area contributed by atoms with Gasteiger partial charge in [0.25, 0.3) is 0 Å². The SMILES string of the molecule is COc1cccc2c1-c1cc(C)cc(C)c1/C2=C\C(=O)O. The first-order valence-corrected chi connectivity index (χ1v) is 6.77. The predicted octanol–water partition coefficient (Wildman–Crippen LogP) is 3.81. The molecular weight excluding hydrogens is 264 g/mol. The van der Waals surface area contributed by atoms with Crippen LogP contribution in [0.4, 0.5) is 0 Å². The molecule has 0 saturated carbocycles. The van der Waals surface area contributed by atoms with Crippen LogP contribution in [0.1, 0.15) is 22.3 Å². The molecule has 0 aromatic heterocycles. The Labute approximate surface area is 123 Å². The maximum absolute atomic E-state index is 11.2. The second-order valence-electron chi connectivity index (χ2n) is 5.28. The van der Waals surface area contributed by atoms with E-state index in [1.54, 1.807) is 7.11 Å². The van der Waals surface area contributed by atoms with E-state index in [1.165, 1.54) is 6.08 Å². The molecule has 0 amide bonds. The van der Waals surface area contributed by atoms with Crippen molar-refractivity contribution in [2.75, 3.05) is 7.11 Å². The number of hydrogen-bond acceptors (Lipinski definition) is 2. The maximum atomic E-state index is 11.2. The van der Waals surface area contributed by atoms with Crippen LogP contribution >= 0.6 is 0 Å². The van der Waals surface area contributed by atoms with Crippen molar-refractivity contribution in [3.05, 3.63) is 58.7 Å². The Kier molecular flexibility index (Phi) is 3.05. The highest BCUT2D eigenvalue weighted by atomic mass is 16.5. The van der Waals surface area contributed by atoms with E-state index in [0.717, 1.165) is 44.7 Å². The average Bonchev–Trinajstić information content (AvgIpc) is 2.73. The van der Waals surface area contributed by atoms with Crippen molar-refractivity contribution >= 4 is 11.5 Å². The number of carboxylic acid groups (broad SMARTS) is 1. The summed E-state index contributed by atoms with van der Waals surface area (Å²) in [6.07, 6.45) is 1.28. The van der Waals surface area contributed by atoms with Crippen molar-refractivity contribution in [3.63, 3.8) is 0 Å². The molecule has 1 aliphatic rings. The van der Waals surface area contributed by atoms with Gasteiger partial charge in [0.1, 0.15) is 5.75 Å². The Bertz CT molecular complexity index is 785. The Morgan fingerprint density at radius 3 is 2.57 bits per heavy atom. The normalized spacial score (nSPS) is 14.0. The van der Waals surface area contributed by atoms with Crippen LogP contribution in [-0.4, -0.2) is 18.2 Å². The van der Waals surface area contributed by atoms with Gasteiger partial charge in [0.2, 0.25) is 0 Å². The highest BCUT2D eigenvalue weighted by Crippen LogP contribution is 2.49. The van der Waals surface area contributed by atoms with Gasteiger partial charge >= 0.3 is 5.97 Å². The number of carbonyl (C=O) groups is 1. The van der Waals surface area contributed by atoms with Crippen molar-refractivity contribution < 1.29 is 14.6 Å². The summed E-state index contributed by atoms with van der Waals surface area (Å²) in [7, 11) is 1.64. The summed E-state index contributed by atoms with van der Waals surface area (Å²) < 4.78 is 5.47. The molecule has 0 heterocycles. The molecule has 0 bridgehead atoms. The first kappa shape index (κ1) is 13.4. The van der Waals surface area contributed by atoms with Gasteiger partial charge < -0.3 is 9.84 Å². The largest absolute Gasteiger partial charge is 0.496 e. The first-order chi connectivity index (χ1) is 10.0. The standard InChI is InChI=1S/C18H16O3/c1-10-7-11(2)17-13(9-16(19)20)12-5-4-6-15(21-3)18(12)14(17)8-10/h4-9H,1-3H3,(H,19,20)/b13-9-. The molecule has 0 atom stereocenters. The second kappa shape index (κ2) is 4.77. The Morgan fingerprint density at radius 1 is 1.14 bits per heavy atom. The van der Waals surface area contributed by atoms with Crippen LogP contribution in [0.3, 0.4) is 0 Å². The molecular formula is C18H16O3. The molecule has 3 rings (SSSR count). The van der Waals surface area contributed by atoms with Crippen LogP contribution in [0.2, 0.25) is 0 Å². The molecule has 3 nitrogen and oxygen atoms in total. The van der Waals surface area contributed by atoms with Crippen LogP contribution < -0.4 is 4.74 Å². The number of benzene rings is 2. The first-order valence-electron chi connectivity index (χ1n) is 6.77. The quantitative estimate of drug-likeness (QED) is 0.726. The fraction of sp³-hybridized carbons (Fsp3) is 0.167. The Balaban J connectivity index is 2.44. The molecule has 1 aliphatic carbocycles. The third-order valence-electron chi connectivity index (χ3n) is 3.82. The minimum atomic E-state index is -0.938. The van der Waals surface area contributed by atoms with Crippen LogP contribution in [0.5, 0.6) is 5.75 Å². The van der Waals surface area contributed by atoms with Gasteiger partial charge in [-0.1, -0.05) is 29.8 Å². The molecule has 3 heteroatoms. The molecule has 0 unspecified atom stereocenters. The van der Waals surface area contributed by atoms with Gasteiger partial charge in [0.05, 0.1) is 7.11 Å². The fourth-order valence-electron chi connectivity index (χ4n) is 3.13. The van der Waals surface area contributed by atoms with Gasteiger partial charge in [0, 0.05) is 11.6 Å². The number of fused-ring (bicyclic) bond motifs is 3. The summed E-state index contributed by atoms with van der Waals surface area (Å²) in [6, 6.07) is 9.91. The monoisotopic (exact) mass is 280 g/mol. The molecule has 0 fully saturated rings. The average molecular weight is 280 g/mol. The number of methoxy groups -OCH3 is 1. The van der Waals surface area contributed by atoms with E-state index >= 15 is 0 Å². The van der Waals surface area contributed by atoms with E-state index in [0.29, 0.717) is 0 Å². The third-order valence-corrected chi connectivity index (χ3v) is 3.82. The zero-order valence-corrected chi connectivity index (χ0v) is 12.2. The van der Waals surface area contributed by atoms with Crippen molar-refractivity contribution in [2.45, 2.75) is 13.8 Å². The summed E-state index contributed by atoms with van der Waals surface area (Å²) in [4.78, 5) is 11.2. The highest BCUT2D eigenvalue weighted by Gasteiger charge is 2.28. The molecule has 0 saturated heterocycles. The van der Waals surface area contributed by atoms with Gasteiger partial charge in [-0.2, -0.15) is 0 Å². The number of rotatable bonds is 2. The molecule has 2 aromatic carbocycles. The van der Waals surface area contributed by atoms with Crippen LogP contribution in [0.25, 0.3) is 16.7 Å². The van der Waals surface area contributed by atoms with E-state index in [2.05, 4.69) is 12.1 Å². The molecule has 106 valence electrons. The van der Waals surface area contributed by atoms with E-state index in [1.807, 2.05) is 32.0 Å². The van der Waals surface area contributed by atoms with Crippen LogP contribution in [-0.2, 0) is 4.79 Å². The Hall–Kier alpha value is -2.55. The highest BCUT2D eigenvalue weighted by molar-refractivity contribution is 6.08. The molecule has 2 aromatic rings. The van der Waals surface area contributed by atoms with Crippen LogP contribution in [0.15, 0.2) is 36.4 Å². The van der Waals surface area contributed by atoms with E-state index in [-0.39, 0.29) is 0 Å². The van der Waals surface area contributed by atoms with Gasteiger partial charge in [-0.3, -0.25) is 0 Å². The number of aryl methyl sites for hydroxylation is 2. The number of hydrogen-bond donors (Lipinski definition) is 1. The predicted molar refractivity (Wildman–Crippen MR) is 82.6 cm³/mol. The van der Waals surface area contributed by atoms with Crippen molar-refractivity contribution in [1.29, 1.82) is 0 Å². The lowest BCUT2D eigenvalue weighted by molar-refractivity contribution is -0.131. The molecule has 0 spiro atoms. The van der Waals surface area contributed by atoms with E-state index in [4.69, 9.17) is 4.74 Å². The maximum Gasteiger partial charge on any atom is 0.328 e. The van der Waals surface area contributed by atoms with Crippen LogP contribution in [0, 0.1) is 13.8 Å². The molecule has 0 radical (unpaired) electrons. The summed E-state index contributed by atoms with van der Waals surface area (Å²) in [5.41, 5.74) is 6.92. The van der Waals surface area contributed by atoms with Crippen molar-refractivity contribution in [1.82, 2.24) is 0 Å². The number of aliphatic carboxylic acids is 1. The lowest BCUT2D eigenvalue weighted by Crippen LogP contribution is -1.93. The van der Waals surface area contributed by atoms with Gasteiger partial charge in [-0.15, -0.1) is 0 Å². The summed E-state index contributed by atoms with van der Waals surface area (Å²) in [6.45, 7) is 4.06. The summed E-state index contributed by atoms with van der Waals surface area (Å²) in [5, 5.41) is 9.19. The summed E-state index contributed by atoms with van der Waals surface area (Å²) >= 11 is 0. The number of carboxylic acids is 1. The van der Waals surface area contributed by atoms with E-state index in [9.17, 15) is 9.90 Å². The van der Waals surface area contributed by atoms with Gasteiger partial charge in [0.15, 0.2) is 0 Å². The topological polar surface area (TPSA) is 46.5 Å². The molecule has 1 N–H and O–H groups in total. The van der Waals surface area contributed by atoms with Crippen molar-refractivity contribution in [2.24, 2.45) is 0 Å². The van der Waals surface area contributed by atoms with Gasteiger partial charge in [-0.25, -0.2) is 4.79 Å².